The molecule has 32 heavy (non-hydrogen) atoms. The molecule has 0 bridgehead atoms. The smallest absolute Gasteiger partial charge is 0.246 e. The third kappa shape index (κ3) is 5.27. The molecule has 0 spiro atoms. The van der Waals surface area contributed by atoms with Gasteiger partial charge in [0.05, 0.1) is 23.2 Å². The molecule has 9 heteroatoms. The molecule has 8 nitrogen and oxygen atoms in total. The van der Waals surface area contributed by atoms with E-state index in [0.717, 1.165) is 11.3 Å². The summed E-state index contributed by atoms with van der Waals surface area (Å²) in [7, 11) is -3.05. The molecular weight excluding hydrogens is 428 g/mol. The fraction of sp³-hybridized carbons (Fsp3) is 0.435. The van der Waals surface area contributed by atoms with Gasteiger partial charge in [0, 0.05) is 31.1 Å². The van der Waals surface area contributed by atoms with E-state index in [1.165, 1.54) is 0 Å². The molecule has 0 aliphatic carbocycles. The number of hydrogen-bond acceptors (Lipinski definition) is 5. The summed E-state index contributed by atoms with van der Waals surface area (Å²) >= 11 is 0. The van der Waals surface area contributed by atoms with Crippen molar-refractivity contribution in [3.8, 4) is 0 Å². The van der Waals surface area contributed by atoms with E-state index in [1.54, 1.807) is 27.8 Å². The lowest BCUT2D eigenvalue weighted by Crippen LogP contribution is -2.41. The van der Waals surface area contributed by atoms with Crippen LogP contribution in [-0.4, -0.2) is 59.5 Å². The van der Waals surface area contributed by atoms with Crippen LogP contribution in [-0.2, 0) is 19.4 Å². The molecule has 1 unspecified atom stereocenters. The summed E-state index contributed by atoms with van der Waals surface area (Å²) in [6, 6.07) is 11.2. The molecule has 2 aromatic rings. The Balaban J connectivity index is 1.33. The predicted octanol–water partition coefficient (Wildman–Crippen LogP) is 2.44. The number of nitrogens with one attached hydrogen (secondary N) is 1. The molecule has 4 rings (SSSR count). The van der Waals surface area contributed by atoms with E-state index in [2.05, 4.69) is 10.4 Å². The van der Waals surface area contributed by atoms with E-state index in [0.29, 0.717) is 38.2 Å². The van der Waals surface area contributed by atoms with E-state index < -0.39 is 9.84 Å². The minimum Gasteiger partial charge on any atom is -0.339 e. The lowest BCUT2D eigenvalue weighted by atomic mass is 9.96. The number of benzene rings is 1. The first-order valence-electron chi connectivity index (χ1n) is 10.9. The van der Waals surface area contributed by atoms with Crippen molar-refractivity contribution in [3.63, 3.8) is 0 Å². The summed E-state index contributed by atoms with van der Waals surface area (Å²) < 4.78 is 25.3. The number of rotatable bonds is 5. The molecule has 1 N–H and O–H groups in total. The van der Waals surface area contributed by atoms with Gasteiger partial charge in [-0.05, 0) is 37.8 Å². The zero-order chi connectivity index (χ0) is 22.7. The standard InChI is InChI=1S/C23H28N4O4S/c1-17-15-21(27(25-17)20-11-14-32(30,31)16-20)24-23(29)19-9-12-26(13-10-19)22(28)8-7-18-5-3-2-4-6-18/h2-8,15,19-20H,9-14,16H2,1H3,(H,24,29)/b8-7+. The van der Waals surface area contributed by atoms with Crippen molar-refractivity contribution in [2.24, 2.45) is 5.92 Å². The van der Waals surface area contributed by atoms with Crippen LogP contribution in [0.1, 0.15) is 36.6 Å². The van der Waals surface area contributed by atoms with Gasteiger partial charge in [-0.2, -0.15) is 5.10 Å². The Hall–Kier alpha value is -2.94. The second-order valence-electron chi connectivity index (χ2n) is 8.51. The molecule has 0 saturated carbocycles. The van der Waals surface area contributed by atoms with Crippen molar-refractivity contribution in [3.05, 3.63) is 53.7 Å². The summed E-state index contributed by atoms with van der Waals surface area (Å²) in [6.45, 7) is 2.87. The van der Waals surface area contributed by atoms with E-state index in [-0.39, 0.29) is 35.3 Å². The van der Waals surface area contributed by atoms with Gasteiger partial charge in [-0.3, -0.25) is 9.59 Å². The van der Waals surface area contributed by atoms with Gasteiger partial charge in [-0.1, -0.05) is 30.3 Å². The number of aromatic nitrogens is 2. The summed E-state index contributed by atoms with van der Waals surface area (Å²) in [5.74, 6) is 0.373. The molecule has 2 fully saturated rings. The first-order chi connectivity index (χ1) is 15.3. The van der Waals surface area contributed by atoms with Gasteiger partial charge in [0.25, 0.3) is 0 Å². The number of anilines is 1. The summed E-state index contributed by atoms with van der Waals surface area (Å²) in [6.07, 6.45) is 5.05. The third-order valence-corrected chi connectivity index (χ3v) is 7.81. The average molecular weight is 457 g/mol. The van der Waals surface area contributed by atoms with Crippen molar-refractivity contribution < 1.29 is 18.0 Å². The highest BCUT2D eigenvalue weighted by Gasteiger charge is 2.32. The third-order valence-electron chi connectivity index (χ3n) is 6.06. The highest BCUT2D eigenvalue weighted by atomic mass is 32.2. The van der Waals surface area contributed by atoms with Crippen LogP contribution in [0.4, 0.5) is 5.82 Å². The summed E-state index contributed by atoms with van der Waals surface area (Å²) in [5.41, 5.74) is 1.70. The van der Waals surface area contributed by atoms with Gasteiger partial charge in [-0.25, -0.2) is 13.1 Å². The molecule has 1 aromatic carbocycles. The Morgan fingerprint density at radius 3 is 2.50 bits per heavy atom. The van der Waals surface area contributed by atoms with E-state index in [1.807, 2.05) is 37.3 Å². The molecule has 2 saturated heterocycles. The number of aryl methyl sites for hydroxylation is 1. The number of sulfone groups is 1. The topological polar surface area (TPSA) is 101 Å². The van der Waals surface area contributed by atoms with Crippen LogP contribution in [0.15, 0.2) is 42.5 Å². The van der Waals surface area contributed by atoms with Crippen LogP contribution in [0.25, 0.3) is 6.08 Å². The van der Waals surface area contributed by atoms with Crippen LogP contribution < -0.4 is 5.32 Å². The second-order valence-corrected chi connectivity index (χ2v) is 10.7. The van der Waals surface area contributed by atoms with Crippen LogP contribution in [0.5, 0.6) is 0 Å². The number of nitrogens with zero attached hydrogens (tertiary/aromatic N) is 3. The quantitative estimate of drug-likeness (QED) is 0.697. The minimum atomic E-state index is -3.05. The lowest BCUT2D eigenvalue weighted by molar-refractivity contribution is -0.130. The Morgan fingerprint density at radius 2 is 1.84 bits per heavy atom. The normalized spacial score (nSPS) is 21.2. The maximum absolute atomic E-state index is 12.9. The molecule has 0 radical (unpaired) electrons. The fourth-order valence-electron chi connectivity index (χ4n) is 4.28. The molecule has 1 atom stereocenters. The Kier molecular flexibility index (Phi) is 6.45. The maximum atomic E-state index is 12.9. The zero-order valence-corrected chi connectivity index (χ0v) is 18.9. The lowest BCUT2D eigenvalue weighted by Gasteiger charge is -2.30. The second kappa shape index (κ2) is 9.28. The first-order valence-corrected chi connectivity index (χ1v) is 12.7. The zero-order valence-electron chi connectivity index (χ0n) is 18.1. The van der Waals surface area contributed by atoms with Crippen molar-refractivity contribution in [1.82, 2.24) is 14.7 Å². The van der Waals surface area contributed by atoms with Crippen LogP contribution in [0, 0.1) is 12.8 Å². The number of carbonyl (C=O) groups excluding carboxylic acids is 2. The van der Waals surface area contributed by atoms with Gasteiger partial charge >= 0.3 is 0 Å². The predicted molar refractivity (Wildman–Crippen MR) is 123 cm³/mol. The number of carbonyl (C=O) groups is 2. The van der Waals surface area contributed by atoms with E-state index in [4.69, 9.17) is 0 Å². The maximum Gasteiger partial charge on any atom is 0.246 e. The number of hydrogen-bond donors (Lipinski definition) is 1. The van der Waals surface area contributed by atoms with Gasteiger partial charge in [0.2, 0.25) is 11.8 Å². The number of piperidine rings is 1. The highest BCUT2D eigenvalue weighted by Crippen LogP contribution is 2.28. The van der Waals surface area contributed by atoms with Gasteiger partial charge < -0.3 is 10.2 Å². The molecule has 2 aliphatic heterocycles. The molecule has 2 amide bonds. The van der Waals surface area contributed by atoms with E-state index in [9.17, 15) is 18.0 Å². The molecular formula is C23H28N4O4S. The van der Waals surface area contributed by atoms with Crippen molar-refractivity contribution in [2.75, 3.05) is 29.9 Å². The largest absolute Gasteiger partial charge is 0.339 e. The van der Waals surface area contributed by atoms with Gasteiger partial charge in [0.15, 0.2) is 9.84 Å². The molecule has 170 valence electrons. The summed E-state index contributed by atoms with van der Waals surface area (Å²) in [4.78, 5) is 27.1. The fourth-order valence-corrected chi connectivity index (χ4v) is 5.98. The Labute approximate surface area is 188 Å². The average Bonchev–Trinajstić information content (AvgIpc) is 3.33. The van der Waals surface area contributed by atoms with Crippen molar-refractivity contribution >= 4 is 33.5 Å². The van der Waals surface area contributed by atoms with Crippen LogP contribution >= 0.6 is 0 Å². The minimum absolute atomic E-state index is 0.0496. The van der Waals surface area contributed by atoms with E-state index >= 15 is 0 Å². The number of likely N-dealkylation sites (tertiary alicyclic amines) is 1. The summed E-state index contributed by atoms with van der Waals surface area (Å²) in [5, 5.41) is 7.36. The van der Waals surface area contributed by atoms with Crippen LogP contribution in [0.3, 0.4) is 0 Å². The van der Waals surface area contributed by atoms with Crippen molar-refractivity contribution in [2.45, 2.75) is 32.2 Å². The SMILES string of the molecule is Cc1cc(NC(=O)C2CCN(C(=O)/C=C/c3ccccc3)CC2)n(C2CCS(=O)(=O)C2)n1. The van der Waals surface area contributed by atoms with Crippen molar-refractivity contribution in [1.29, 1.82) is 0 Å². The molecule has 1 aromatic heterocycles. The monoisotopic (exact) mass is 456 g/mol. The number of amides is 2. The van der Waals surface area contributed by atoms with Gasteiger partial charge in [-0.15, -0.1) is 0 Å². The van der Waals surface area contributed by atoms with Gasteiger partial charge in [0.1, 0.15) is 5.82 Å². The highest BCUT2D eigenvalue weighted by molar-refractivity contribution is 7.91. The first kappa shape index (κ1) is 22.3. The molecule has 2 aliphatic rings. The van der Waals surface area contributed by atoms with Crippen LogP contribution in [0.2, 0.25) is 0 Å². The molecule has 3 heterocycles. The Bertz CT molecular complexity index is 1120. The Morgan fingerprint density at radius 1 is 1.12 bits per heavy atom.